The van der Waals surface area contributed by atoms with Gasteiger partial charge in [0.1, 0.15) is 5.82 Å². The Labute approximate surface area is 84.9 Å². The molecule has 84 valence electrons. The van der Waals surface area contributed by atoms with Crippen LogP contribution >= 0.6 is 0 Å². The third kappa shape index (κ3) is 4.01. The van der Waals surface area contributed by atoms with Crippen LogP contribution < -0.4 is 10.6 Å². The summed E-state index contributed by atoms with van der Waals surface area (Å²) in [6.45, 7) is -0.188. The van der Waals surface area contributed by atoms with Crippen LogP contribution in [0.25, 0.3) is 0 Å². The molecule has 0 aliphatic rings. The summed E-state index contributed by atoms with van der Waals surface area (Å²) in [6, 6.07) is 1.47. The van der Waals surface area contributed by atoms with Gasteiger partial charge in [0.2, 0.25) is 5.95 Å². The molecule has 0 spiro atoms. The van der Waals surface area contributed by atoms with Crippen LogP contribution in [0.2, 0.25) is 0 Å². The molecule has 0 radical (unpaired) electrons. The van der Waals surface area contributed by atoms with E-state index in [9.17, 15) is 13.2 Å². The zero-order valence-corrected chi connectivity index (χ0v) is 8.12. The largest absolute Gasteiger partial charge is 0.390 e. The molecule has 1 heterocycles. The van der Waals surface area contributed by atoms with E-state index in [-0.39, 0.29) is 18.3 Å². The number of anilines is 2. The fraction of sp³-hybridized carbons (Fsp3) is 0.500. The number of alkyl halides is 3. The van der Waals surface area contributed by atoms with Gasteiger partial charge in [0.05, 0.1) is 6.42 Å². The van der Waals surface area contributed by atoms with Gasteiger partial charge in [-0.3, -0.25) is 0 Å². The van der Waals surface area contributed by atoms with Crippen molar-refractivity contribution in [3.63, 3.8) is 0 Å². The van der Waals surface area contributed by atoms with E-state index in [0.29, 0.717) is 0 Å². The minimum atomic E-state index is -4.17. The average Bonchev–Trinajstić information content (AvgIpc) is 2.13. The maximum Gasteiger partial charge on any atom is 0.390 e. The first-order valence-corrected chi connectivity index (χ1v) is 4.25. The lowest BCUT2D eigenvalue weighted by Gasteiger charge is -2.17. The summed E-state index contributed by atoms with van der Waals surface area (Å²) < 4.78 is 35.8. The van der Waals surface area contributed by atoms with Gasteiger partial charge in [0.25, 0.3) is 0 Å². The molecule has 7 heteroatoms. The van der Waals surface area contributed by atoms with Crippen molar-refractivity contribution in [1.29, 1.82) is 0 Å². The first-order valence-electron chi connectivity index (χ1n) is 4.25. The van der Waals surface area contributed by atoms with Crippen molar-refractivity contribution >= 4 is 11.8 Å². The number of hydrogen-bond donors (Lipinski definition) is 1. The summed E-state index contributed by atoms with van der Waals surface area (Å²) in [7, 11) is 1.49. The Morgan fingerprint density at radius 1 is 1.47 bits per heavy atom. The summed E-state index contributed by atoms with van der Waals surface area (Å²) >= 11 is 0. The molecule has 15 heavy (non-hydrogen) atoms. The molecule has 4 nitrogen and oxygen atoms in total. The molecule has 1 aromatic heterocycles. The summed E-state index contributed by atoms with van der Waals surface area (Å²) in [5.74, 6) is 0.429. The second kappa shape index (κ2) is 4.33. The molecule has 0 amide bonds. The SMILES string of the molecule is CN(CCC(F)(F)F)c1nccc(N)n1. The van der Waals surface area contributed by atoms with Crippen molar-refractivity contribution in [2.24, 2.45) is 0 Å². The van der Waals surface area contributed by atoms with Crippen LogP contribution in [0.5, 0.6) is 0 Å². The first-order chi connectivity index (χ1) is 6.88. The van der Waals surface area contributed by atoms with Gasteiger partial charge in [0, 0.05) is 19.8 Å². The van der Waals surface area contributed by atoms with Gasteiger partial charge in [0.15, 0.2) is 0 Å². The van der Waals surface area contributed by atoms with Gasteiger partial charge >= 0.3 is 6.18 Å². The van der Waals surface area contributed by atoms with Crippen molar-refractivity contribution in [2.75, 3.05) is 24.2 Å². The number of nitrogens with zero attached hydrogens (tertiary/aromatic N) is 3. The van der Waals surface area contributed by atoms with Crippen molar-refractivity contribution in [1.82, 2.24) is 9.97 Å². The molecule has 0 aliphatic carbocycles. The first kappa shape index (κ1) is 11.5. The highest BCUT2D eigenvalue weighted by Crippen LogP contribution is 2.20. The molecule has 0 atom stereocenters. The third-order valence-corrected chi connectivity index (χ3v) is 1.74. The highest BCUT2D eigenvalue weighted by Gasteiger charge is 2.27. The van der Waals surface area contributed by atoms with Crippen LogP contribution in [-0.2, 0) is 0 Å². The topological polar surface area (TPSA) is 55.0 Å². The van der Waals surface area contributed by atoms with Gasteiger partial charge in [-0.05, 0) is 6.07 Å². The summed E-state index contributed by atoms with van der Waals surface area (Å²) in [4.78, 5) is 8.92. The third-order valence-electron chi connectivity index (χ3n) is 1.74. The molecule has 0 bridgehead atoms. The van der Waals surface area contributed by atoms with E-state index >= 15 is 0 Å². The second-order valence-electron chi connectivity index (χ2n) is 3.07. The van der Waals surface area contributed by atoms with E-state index < -0.39 is 12.6 Å². The van der Waals surface area contributed by atoms with E-state index in [1.165, 1.54) is 24.2 Å². The Hall–Kier alpha value is -1.53. The van der Waals surface area contributed by atoms with E-state index in [1.807, 2.05) is 0 Å². The fourth-order valence-electron chi connectivity index (χ4n) is 0.940. The van der Waals surface area contributed by atoms with Crippen LogP contribution in [0.3, 0.4) is 0 Å². The van der Waals surface area contributed by atoms with Crippen LogP contribution in [0.15, 0.2) is 12.3 Å². The maximum absolute atomic E-state index is 11.9. The summed E-state index contributed by atoms with van der Waals surface area (Å²) in [6.07, 6.45) is -3.67. The molecule has 0 unspecified atom stereocenters. The van der Waals surface area contributed by atoms with E-state index in [0.717, 1.165) is 0 Å². The normalized spacial score (nSPS) is 11.5. The lowest BCUT2D eigenvalue weighted by Crippen LogP contribution is -2.25. The molecule has 0 saturated carbocycles. The van der Waals surface area contributed by atoms with Gasteiger partial charge in [-0.15, -0.1) is 0 Å². The minimum Gasteiger partial charge on any atom is -0.384 e. The molecule has 0 fully saturated rings. The quantitative estimate of drug-likeness (QED) is 0.837. The van der Waals surface area contributed by atoms with Crippen molar-refractivity contribution in [2.45, 2.75) is 12.6 Å². The van der Waals surface area contributed by atoms with E-state index in [4.69, 9.17) is 5.73 Å². The van der Waals surface area contributed by atoms with Crippen molar-refractivity contribution in [3.8, 4) is 0 Å². The Balaban J connectivity index is 2.58. The predicted octanol–water partition coefficient (Wildman–Crippen LogP) is 1.45. The molecule has 0 aromatic carbocycles. The molecule has 1 rings (SSSR count). The van der Waals surface area contributed by atoms with Gasteiger partial charge in [-0.1, -0.05) is 0 Å². The summed E-state index contributed by atoms with van der Waals surface area (Å²) in [5, 5.41) is 0. The highest BCUT2D eigenvalue weighted by atomic mass is 19.4. The van der Waals surface area contributed by atoms with Crippen LogP contribution in [-0.4, -0.2) is 29.7 Å². The predicted molar refractivity (Wildman–Crippen MR) is 50.4 cm³/mol. The zero-order valence-electron chi connectivity index (χ0n) is 8.12. The van der Waals surface area contributed by atoms with Crippen molar-refractivity contribution < 1.29 is 13.2 Å². The zero-order chi connectivity index (χ0) is 11.5. The number of rotatable bonds is 3. The van der Waals surface area contributed by atoms with Crippen LogP contribution in [0, 0.1) is 0 Å². The van der Waals surface area contributed by atoms with E-state index in [2.05, 4.69) is 9.97 Å². The Bertz CT molecular complexity index is 326. The number of aromatic nitrogens is 2. The number of nitrogen functional groups attached to an aromatic ring is 1. The standard InChI is InChI=1S/C8H11F3N4/c1-15(5-3-8(9,10)11)7-13-4-2-6(12)14-7/h2,4H,3,5H2,1H3,(H2,12,13,14). The maximum atomic E-state index is 11.9. The Morgan fingerprint density at radius 2 is 2.13 bits per heavy atom. The Morgan fingerprint density at radius 3 is 2.67 bits per heavy atom. The lowest BCUT2D eigenvalue weighted by atomic mass is 10.4. The number of hydrogen-bond acceptors (Lipinski definition) is 4. The van der Waals surface area contributed by atoms with Gasteiger partial charge in [-0.25, -0.2) is 4.98 Å². The highest BCUT2D eigenvalue weighted by molar-refractivity contribution is 5.36. The molecular weight excluding hydrogens is 209 g/mol. The molecule has 1 aromatic rings. The smallest absolute Gasteiger partial charge is 0.384 e. The fourth-order valence-corrected chi connectivity index (χ4v) is 0.940. The monoisotopic (exact) mass is 220 g/mol. The van der Waals surface area contributed by atoms with E-state index in [1.54, 1.807) is 0 Å². The number of halogens is 3. The molecule has 0 saturated heterocycles. The average molecular weight is 220 g/mol. The Kier molecular flexibility index (Phi) is 3.33. The van der Waals surface area contributed by atoms with Gasteiger partial charge in [-0.2, -0.15) is 18.2 Å². The summed E-state index contributed by atoms with van der Waals surface area (Å²) in [5.41, 5.74) is 5.38. The molecule has 0 aliphatic heterocycles. The second-order valence-corrected chi connectivity index (χ2v) is 3.07. The lowest BCUT2D eigenvalue weighted by molar-refractivity contribution is -0.132. The van der Waals surface area contributed by atoms with Crippen LogP contribution in [0.4, 0.5) is 24.9 Å². The number of nitrogens with two attached hydrogens (primary N) is 1. The molecular formula is C8H11F3N4. The molecule has 2 N–H and O–H groups in total. The van der Waals surface area contributed by atoms with Gasteiger partial charge < -0.3 is 10.6 Å². The van der Waals surface area contributed by atoms with Crippen molar-refractivity contribution in [3.05, 3.63) is 12.3 Å². The van der Waals surface area contributed by atoms with Crippen LogP contribution in [0.1, 0.15) is 6.42 Å². The minimum absolute atomic E-state index is 0.188.